The number of non-ortho nitro benzene ring substituents is 1. The SMILES string of the molecule is COc1cc([N+](=O)[O-])ccc1-c1ccc(C=N/N=C2/NC(=O)C(CC(=O)O)S2)o1. The zero-order chi connectivity index (χ0) is 21.0. The highest BCUT2D eigenvalue weighted by Gasteiger charge is 2.32. The molecule has 1 saturated heterocycles. The van der Waals surface area contributed by atoms with Crippen LogP contribution in [-0.4, -0.2) is 45.6 Å². The lowest BCUT2D eigenvalue weighted by molar-refractivity contribution is -0.384. The van der Waals surface area contributed by atoms with Crippen LogP contribution in [0, 0.1) is 10.1 Å². The molecule has 1 aromatic carbocycles. The fraction of sp³-hybridized carbons (Fsp3) is 0.176. The van der Waals surface area contributed by atoms with E-state index in [-0.39, 0.29) is 23.0 Å². The molecule has 1 atom stereocenters. The Balaban J connectivity index is 1.72. The molecular formula is C17H14N4O7S. The summed E-state index contributed by atoms with van der Waals surface area (Å²) in [6, 6.07) is 7.42. The second-order valence-corrected chi connectivity index (χ2v) is 6.88. The highest BCUT2D eigenvalue weighted by atomic mass is 32.2. The van der Waals surface area contributed by atoms with Gasteiger partial charge in [-0.1, -0.05) is 11.8 Å². The van der Waals surface area contributed by atoms with Gasteiger partial charge in [-0.15, -0.1) is 5.10 Å². The summed E-state index contributed by atoms with van der Waals surface area (Å²) in [4.78, 5) is 32.7. The number of amides is 1. The second kappa shape index (κ2) is 8.56. The smallest absolute Gasteiger partial charge is 0.305 e. The van der Waals surface area contributed by atoms with Crippen LogP contribution in [0.3, 0.4) is 0 Å². The Labute approximate surface area is 167 Å². The molecular weight excluding hydrogens is 404 g/mol. The number of furan rings is 1. The topological polar surface area (TPSA) is 157 Å². The third kappa shape index (κ3) is 4.79. The van der Waals surface area contributed by atoms with Crippen molar-refractivity contribution in [1.29, 1.82) is 0 Å². The molecule has 29 heavy (non-hydrogen) atoms. The molecule has 12 heteroatoms. The average molecular weight is 418 g/mol. The number of carbonyl (C=O) groups excluding carboxylic acids is 1. The fourth-order valence-corrected chi connectivity index (χ4v) is 3.36. The normalized spacial score (nSPS) is 17.6. The molecule has 1 amide bonds. The van der Waals surface area contributed by atoms with E-state index in [2.05, 4.69) is 15.5 Å². The third-order valence-corrected chi connectivity index (χ3v) is 4.83. The minimum absolute atomic E-state index is 0.105. The summed E-state index contributed by atoms with van der Waals surface area (Å²) in [6.07, 6.45) is 1.00. The molecule has 1 aliphatic heterocycles. The summed E-state index contributed by atoms with van der Waals surface area (Å²) < 4.78 is 10.8. The van der Waals surface area contributed by atoms with Crippen LogP contribution in [0.5, 0.6) is 5.75 Å². The van der Waals surface area contributed by atoms with Crippen molar-refractivity contribution in [3.63, 3.8) is 0 Å². The number of carboxylic acids is 1. The number of amidine groups is 1. The molecule has 150 valence electrons. The van der Waals surface area contributed by atoms with Crippen LogP contribution in [-0.2, 0) is 9.59 Å². The number of nitro benzene ring substituents is 1. The van der Waals surface area contributed by atoms with Crippen molar-refractivity contribution in [2.75, 3.05) is 7.11 Å². The molecule has 0 aliphatic carbocycles. The summed E-state index contributed by atoms with van der Waals surface area (Å²) >= 11 is 0.985. The molecule has 1 fully saturated rings. The van der Waals surface area contributed by atoms with Crippen molar-refractivity contribution in [2.24, 2.45) is 10.2 Å². The maximum Gasteiger partial charge on any atom is 0.305 e. The predicted octanol–water partition coefficient (Wildman–Crippen LogP) is 2.26. The number of nitro groups is 1. The van der Waals surface area contributed by atoms with Gasteiger partial charge in [0.05, 0.1) is 36.3 Å². The predicted molar refractivity (Wildman–Crippen MR) is 104 cm³/mol. The van der Waals surface area contributed by atoms with Gasteiger partial charge in [0.25, 0.3) is 5.69 Å². The van der Waals surface area contributed by atoms with E-state index in [1.165, 1.54) is 31.5 Å². The van der Waals surface area contributed by atoms with Crippen molar-refractivity contribution < 1.29 is 28.8 Å². The first kappa shape index (κ1) is 20.1. The van der Waals surface area contributed by atoms with Gasteiger partial charge in [0, 0.05) is 6.07 Å². The molecule has 1 aromatic heterocycles. The van der Waals surface area contributed by atoms with Gasteiger partial charge in [-0.2, -0.15) is 5.10 Å². The number of ether oxygens (including phenoxy) is 1. The number of benzene rings is 1. The summed E-state index contributed by atoms with van der Waals surface area (Å²) in [5.74, 6) is -0.465. The largest absolute Gasteiger partial charge is 0.496 e. The number of thioether (sulfide) groups is 1. The van der Waals surface area contributed by atoms with E-state index in [0.717, 1.165) is 11.8 Å². The Morgan fingerprint density at radius 3 is 2.93 bits per heavy atom. The Morgan fingerprint density at radius 1 is 1.45 bits per heavy atom. The maximum atomic E-state index is 11.6. The monoisotopic (exact) mass is 418 g/mol. The average Bonchev–Trinajstić information content (AvgIpc) is 3.27. The van der Waals surface area contributed by atoms with Gasteiger partial charge in [0.2, 0.25) is 5.91 Å². The molecule has 2 aromatic rings. The molecule has 0 radical (unpaired) electrons. The molecule has 2 N–H and O–H groups in total. The number of rotatable bonds is 7. The van der Waals surface area contributed by atoms with E-state index < -0.39 is 22.0 Å². The lowest BCUT2D eigenvalue weighted by Gasteiger charge is -2.05. The minimum atomic E-state index is -1.08. The number of hydrogen-bond acceptors (Lipinski definition) is 9. The number of carbonyl (C=O) groups is 2. The summed E-state index contributed by atoms with van der Waals surface area (Å²) in [6.45, 7) is 0. The number of carboxylic acid groups (broad SMARTS) is 1. The lowest BCUT2D eigenvalue weighted by atomic mass is 10.1. The lowest BCUT2D eigenvalue weighted by Crippen LogP contribution is -2.26. The van der Waals surface area contributed by atoms with Crippen LogP contribution in [0.4, 0.5) is 5.69 Å². The first-order valence-electron chi connectivity index (χ1n) is 8.10. The van der Waals surface area contributed by atoms with Gasteiger partial charge in [0.15, 0.2) is 5.17 Å². The first-order valence-corrected chi connectivity index (χ1v) is 8.98. The zero-order valence-corrected chi connectivity index (χ0v) is 15.7. The summed E-state index contributed by atoms with van der Waals surface area (Å²) in [5.41, 5.74) is 0.422. The fourth-order valence-electron chi connectivity index (χ4n) is 2.45. The van der Waals surface area contributed by atoms with Crippen molar-refractivity contribution in [2.45, 2.75) is 11.7 Å². The Morgan fingerprint density at radius 2 is 2.24 bits per heavy atom. The van der Waals surface area contributed by atoms with E-state index in [1.807, 2.05) is 0 Å². The van der Waals surface area contributed by atoms with Crippen molar-refractivity contribution >= 4 is 40.7 Å². The number of methoxy groups -OCH3 is 1. The van der Waals surface area contributed by atoms with Crippen molar-refractivity contribution in [3.05, 3.63) is 46.2 Å². The van der Waals surface area contributed by atoms with Crippen molar-refractivity contribution in [3.8, 4) is 17.1 Å². The van der Waals surface area contributed by atoms with E-state index in [1.54, 1.807) is 12.1 Å². The van der Waals surface area contributed by atoms with Crippen LogP contribution in [0.1, 0.15) is 12.2 Å². The van der Waals surface area contributed by atoms with Crippen LogP contribution in [0.2, 0.25) is 0 Å². The number of nitrogens with one attached hydrogen (secondary N) is 1. The quantitative estimate of drug-likeness (QED) is 0.394. The molecule has 2 heterocycles. The van der Waals surface area contributed by atoms with Crippen LogP contribution in [0.25, 0.3) is 11.3 Å². The molecule has 0 spiro atoms. The Bertz CT molecular complexity index is 1030. The minimum Gasteiger partial charge on any atom is -0.496 e. The van der Waals surface area contributed by atoms with Crippen LogP contribution >= 0.6 is 11.8 Å². The van der Waals surface area contributed by atoms with Gasteiger partial charge < -0.3 is 19.6 Å². The maximum absolute atomic E-state index is 11.6. The molecule has 3 rings (SSSR count). The van der Waals surface area contributed by atoms with E-state index in [0.29, 0.717) is 17.1 Å². The van der Waals surface area contributed by atoms with Gasteiger partial charge in [-0.25, -0.2) is 0 Å². The van der Waals surface area contributed by atoms with E-state index >= 15 is 0 Å². The molecule has 1 unspecified atom stereocenters. The van der Waals surface area contributed by atoms with E-state index in [9.17, 15) is 19.7 Å². The van der Waals surface area contributed by atoms with Gasteiger partial charge in [0.1, 0.15) is 22.5 Å². The molecule has 11 nitrogen and oxygen atoms in total. The van der Waals surface area contributed by atoms with Gasteiger partial charge >= 0.3 is 5.97 Å². The van der Waals surface area contributed by atoms with Gasteiger partial charge in [-0.3, -0.25) is 19.7 Å². The van der Waals surface area contributed by atoms with Crippen molar-refractivity contribution in [1.82, 2.24) is 5.32 Å². The second-order valence-electron chi connectivity index (χ2n) is 5.69. The third-order valence-electron chi connectivity index (χ3n) is 3.76. The summed E-state index contributed by atoms with van der Waals surface area (Å²) in [5, 5.41) is 29.2. The van der Waals surface area contributed by atoms with Crippen LogP contribution in [0.15, 0.2) is 45.0 Å². The molecule has 0 bridgehead atoms. The number of aliphatic carboxylic acids is 1. The van der Waals surface area contributed by atoms with Gasteiger partial charge in [-0.05, 0) is 18.2 Å². The zero-order valence-electron chi connectivity index (χ0n) is 14.9. The number of nitrogens with zero attached hydrogens (tertiary/aromatic N) is 3. The van der Waals surface area contributed by atoms with Crippen LogP contribution < -0.4 is 10.1 Å². The Kier molecular flexibility index (Phi) is 5.93. The highest BCUT2D eigenvalue weighted by Crippen LogP contribution is 2.34. The Hall–Kier alpha value is -3.67. The number of hydrogen-bond donors (Lipinski definition) is 2. The molecule has 1 aliphatic rings. The first-order chi connectivity index (χ1) is 13.9. The highest BCUT2D eigenvalue weighted by molar-refractivity contribution is 8.15. The van der Waals surface area contributed by atoms with E-state index in [4.69, 9.17) is 14.3 Å². The summed E-state index contributed by atoms with van der Waals surface area (Å²) in [7, 11) is 1.40. The standard InChI is InChI=1S/C17H14N4O7S/c1-27-13-6-9(21(25)26)2-4-11(13)12-5-3-10(28-12)8-18-20-17-19-16(24)14(29-17)7-15(22)23/h2-6,8,14H,7H2,1H3,(H,22,23)(H,19,20,24). The molecule has 0 saturated carbocycles.